The zero-order valence-electron chi connectivity index (χ0n) is 18.5. The number of esters is 2. The maximum absolute atomic E-state index is 12.3. The summed E-state index contributed by atoms with van der Waals surface area (Å²) in [7, 11) is 7.27. The largest absolute Gasteiger partial charge is 0.493 e. The van der Waals surface area contributed by atoms with E-state index in [2.05, 4.69) is 12.1 Å². The van der Waals surface area contributed by atoms with Gasteiger partial charge in [-0.25, -0.2) is 0 Å². The number of methoxy groups -OCH3 is 5. The minimum atomic E-state index is -1.01. The Morgan fingerprint density at radius 3 is 2.03 bits per heavy atom. The number of fused-ring (bicyclic) bond motifs is 1. The standard InChI is InChI=1S/C24H28O7/c1-27-19-13-17-15(12-18(23(25)30-4)24(26)31-5)11-16(14-9-7-6-8-10-14)20(17)22(29-3)21(19)28-2/h6-10,13,15-16,18H,11-12H2,1-5H3. The molecular formula is C24H28O7. The van der Waals surface area contributed by atoms with Gasteiger partial charge in [-0.15, -0.1) is 0 Å². The molecule has 2 unspecified atom stereocenters. The molecule has 0 N–H and O–H groups in total. The zero-order valence-corrected chi connectivity index (χ0v) is 18.5. The van der Waals surface area contributed by atoms with Crippen molar-refractivity contribution >= 4 is 11.9 Å². The van der Waals surface area contributed by atoms with E-state index in [0.717, 1.165) is 16.7 Å². The molecule has 0 aromatic heterocycles. The van der Waals surface area contributed by atoms with Crippen molar-refractivity contribution in [3.63, 3.8) is 0 Å². The first-order valence-electron chi connectivity index (χ1n) is 10.0. The normalized spacial score (nSPS) is 17.1. The van der Waals surface area contributed by atoms with Crippen LogP contribution >= 0.6 is 0 Å². The first kappa shape index (κ1) is 22.5. The van der Waals surface area contributed by atoms with Gasteiger partial charge in [-0.3, -0.25) is 9.59 Å². The van der Waals surface area contributed by atoms with Gasteiger partial charge in [0.1, 0.15) is 0 Å². The molecule has 0 heterocycles. The third-order valence-electron chi connectivity index (χ3n) is 5.90. The van der Waals surface area contributed by atoms with Crippen LogP contribution in [0.4, 0.5) is 0 Å². The number of carbonyl (C=O) groups is 2. The molecule has 0 aliphatic heterocycles. The summed E-state index contributed by atoms with van der Waals surface area (Å²) in [6.07, 6.45) is 0.949. The fraction of sp³-hybridized carbons (Fsp3) is 0.417. The van der Waals surface area contributed by atoms with Crippen molar-refractivity contribution in [1.29, 1.82) is 0 Å². The van der Waals surface area contributed by atoms with E-state index in [0.29, 0.717) is 23.7 Å². The Kier molecular flexibility index (Phi) is 7.05. The molecule has 7 nitrogen and oxygen atoms in total. The van der Waals surface area contributed by atoms with Crippen molar-refractivity contribution in [2.24, 2.45) is 5.92 Å². The summed E-state index contributed by atoms with van der Waals surface area (Å²) >= 11 is 0. The van der Waals surface area contributed by atoms with Gasteiger partial charge in [0.2, 0.25) is 5.75 Å². The highest BCUT2D eigenvalue weighted by Gasteiger charge is 2.41. The van der Waals surface area contributed by atoms with Crippen molar-refractivity contribution in [3.05, 3.63) is 53.1 Å². The first-order chi connectivity index (χ1) is 15.0. The van der Waals surface area contributed by atoms with Crippen molar-refractivity contribution in [1.82, 2.24) is 0 Å². The summed E-state index contributed by atoms with van der Waals surface area (Å²) in [6.45, 7) is 0. The maximum Gasteiger partial charge on any atom is 0.320 e. The number of benzene rings is 2. The van der Waals surface area contributed by atoms with Crippen LogP contribution in [-0.4, -0.2) is 47.5 Å². The second-order valence-corrected chi connectivity index (χ2v) is 7.38. The van der Waals surface area contributed by atoms with E-state index < -0.39 is 17.9 Å². The van der Waals surface area contributed by atoms with E-state index in [4.69, 9.17) is 23.7 Å². The lowest BCUT2D eigenvalue weighted by molar-refractivity contribution is -0.159. The molecule has 166 valence electrons. The molecule has 2 aromatic carbocycles. The van der Waals surface area contributed by atoms with Crippen LogP contribution in [0, 0.1) is 5.92 Å². The Bertz CT molecular complexity index is 923. The van der Waals surface area contributed by atoms with Crippen molar-refractivity contribution in [2.45, 2.75) is 24.7 Å². The van der Waals surface area contributed by atoms with Crippen LogP contribution in [-0.2, 0) is 19.1 Å². The van der Waals surface area contributed by atoms with Gasteiger partial charge in [-0.1, -0.05) is 30.3 Å². The monoisotopic (exact) mass is 428 g/mol. The molecule has 0 spiro atoms. The van der Waals surface area contributed by atoms with Gasteiger partial charge < -0.3 is 23.7 Å². The second kappa shape index (κ2) is 9.73. The molecule has 0 radical (unpaired) electrons. The average Bonchev–Trinajstić information content (AvgIpc) is 3.18. The molecule has 0 saturated heterocycles. The van der Waals surface area contributed by atoms with Gasteiger partial charge >= 0.3 is 11.9 Å². The molecular weight excluding hydrogens is 400 g/mol. The average molecular weight is 428 g/mol. The van der Waals surface area contributed by atoms with Crippen molar-refractivity contribution < 1.29 is 33.3 Å². The molecule has 0 saturated carbocycles. The highest BCUT2D eigenvalue weighted by atomic mass is 16.5. The van der Waals surface area contributed by atoms with Gasteiger partial charge in [0.05, 0.1) is 35.5 Å². The van der Waals surface area contributed by atoms with E-state index in [1.54, 1.807) is 21.3 Å². The summed E-state index contributed by atoms with van der Waals surface area (Å²) in [5.41, 5.74) is 3.05. The van der Waals surface area contributed by atoms with E-state index >= 15 is 0 Å². The van der Waals surface area contributed by atoms with Crippen LogP contribution in [0.25, 0.3) is 0 Å². The Morgan fingerprint density at radius 2 is 1.52 bits per heavy atom. The first-order valence-corrected chi connectivity index (χ1v) is 10.0. The Hall–Kier alpha value is -3.22. The summed E-state index contributed by atoms with van der Waals surface area (Å²) in [5, 5.41) is 0. The van der Waals surface area contributed by atoms with Gasteiger partial charge in [-0.05, 0) is 36.0 Å². The summed E-state index contributed by atoms with van der Waals surface area (Å²) in [5.74, 6) is -0.688. The van der Waals surface area contributed by atoms with Crippen LogP contribution in [0.5, 0.6) is 17.2 Å². The second-order valence-electron chi connectivity index (χ2n) is 7.38. The quantitative estimate of drug-likeness (QED) is 0.469. The smallest absolute Gasteiger partial charge is 0.320 e. The van der Waals surface area contributed by atoms with Crippen molar-refractivity contribution in [3.8, 4) is 17.2 Å². The maximum atomic E-state index is 12.3. The molecule has 0 fully saturated rings. The fourth-order valence-electron chi connectivity index (χ4n) is 4.49. The molecule has 31 heavy (non-hydrogen) atoms. The fourth-order valence-corrected chi connectivity index (χ4v) is 4.49. The third kappa shape index (κ3) is 4.17. The lowest BCUT2D eigenvalue weighted by Crippen LogP contribution is -2.28. The van der Waals surface area contributed by atoms with Gasteiger partial charge in [0.15, 0.2) is 17.4 Å². The molecule has 1 aliphatic rings. The molecule has 0 amide bonds. The SMILES string of the molecule is COC(=O)C(CC1CC(c2ccccc2)c2c1cc(OC)c(OC)c2OC)C(=O)OC. The molecule has 2 atom stereocenters. The Balaban J connectivity index is 2.15. The van der Waals surface area contributed by atoms with Gasteiger partial charge in [0.25, 0.3) is 0 Å². The van der Waals surface area contributed by atoms with E-state index in [1.807, 2.05) is 24.3 Å². The minimum absolute atomic E-state index is 0.00639. The Labute approximate surface area is 182 Å². The summed E-state index contributed by atoms with van der Waals surface area (Å²) in [4.78, 5) is 24.6. The summed E-state index contributed by atoms with van der Waals surface area (Å²) < 4.78 is 26.6. The van der Waals surface area contributed by atoms with Crippen LogP contribution in [0.1, 0.15) is 41.4 Å². The van der Waals surface area contributed by atoms with Gasteiger partial charge in [-0.2, -0.15) is 0 Å². The lowest BCUT2D eigenvalue weighted by Gasteiger charge is -2.20. The highest BCUT2D eigenvalue weighted by Crippen LogP contribution is 2.56. The van der Waals surface area contributed by atoms with E-state index in [9.17, 15) is 9.59 Å². The van der Waals surface area contributed by atoms with Crippen LogP contribution in [0.2, 0.25) is 0 Å². The number of ether oxygens (including phenoxy) is 5. The molecule has 0 bridgehead atoms. The molecule has 3 rings (SSSR count). The van der Waals surface area contributed by atoms with Crippen molar-refractivity contribution in [2.75, 3.05) is 35.5 Å². The van der Waals surface area contributed by atoms with Crippen LogP contribution in [0.3, 0.4) is 0 Å². The number of hydrogen-bond donors (Lipinski definition) is 0. The highest BCUT2D eigenvalue weighted by molar-refractivity contribution is 5.94. The van der Waals surface area contributed by atoms with Crippen LogP contribution in [0.15, 0.2) is 36.4 Å². The number of hydrogen-bond acceptors (Lipinski definition) is 7. The van der Waals surface area contributed by atoms with E-state index in [-0.39, 0.29) is 18.3 Å². The molecule has 1 aliphatic carbocycles. The third-order valence-corrected chi connectivity index (χ3v) is 5.90. The minimum Gasteiger partial charge on any atom is -0.493 e. The lowest BCUT2D eigenvalue weighted by atomic mass is 9.88. The van der Waals surface area contributed by atoms with E-state index in [1.165, 1.54) is 14.2 Å². The Morgan fingerprint density at radius 1 is 0.903 bits per heavy atom. The van der Waals surface area contributed by atoms with Gasteiger partial charge in [0, 0.05) is 11.5 Å². The zero-order chi connectivity index (χ0) is 22.5. The molecule has 2 aromatic rings. The number of rotatable bonds is 8. The number of carbonyl (C=O) groups excluding carboxylic acids is 2. The molecule has 7 heteroatoms. The predicted molar refractivity (Wildman–Crippen MR) is 114 cm³/mol. The summed E-state index contributed by atoms with van der Waals surface area (Å²) in [6, 6.07) is 12.0. The predicted octanol–water partition coefficient (Wildman–Crippen LogP) is 3.68. The van der Waals surface area contributed by atoms with Crippen LogP contribution < -0.4 is 14.2 Å². The topological polar surface area (TPSA) is 80.3 Å².